The van der Waals surface area contributed by atoms with Crippen LogP contribution < -0.4 is 5.32 Å². The summed E-state index contributed by atoms with van der Waals surface area (Å²) in [5, 5.41) is 16.9. The molecule has 1 fully saturated rings. The van der Waals surface area contributed by atoms with Gasteiger partial charge in [-0.1, -0.05) is 31.1 Å². The van der Waals surface area contributed by atoms with Crippen LogP contribution >= 0.6 is 0 Å². The molecule has 28 heavy (non-hydrogen) atoms. The van der Waals surface area contributed by atoms with Crippen molar-refractivity contribution in [3.8, 4) is 11.3 Å². The lowest BCUT2D eigenvalue weighted by Crippen LogP contribution is -2.44. The first-order valence-corrected chi connectivity index (χ1v) is 9.36. The molecule has 2 aromatic rings. The van der Waals surface area contributed by atoms with Crippen molar-refractivity contribution in [3.63, 3.8) is 0 Å². The van der Waals surface area contributed by atoms with Crippen molar-refractivity contribution < 1.29 is 23.6 Å². The minimum absolute atomic E-state index is 0.0115. The quantitative estimate of drug-likeness (QED) is 0.836. The molecule has 7 nitrogen and oxygen atoms in total. The van der Waals surface area contributed by atoms with Gasteiger partial charge in [-0.3, -0.25) is 9.59 Å². The highest BCUT2D eigenvalue weighted by Gasteiger charge is 2.30. The highest BCUT2D eigenvalue weighted by Crippen LogP contribution is 2.23. The molecule has 0 saturated carbocycles. The summed E-state index contributed by atoms with van der Waals surface area (Å²) in [5.41, 5.74) is 0.506. The molecule has 0 spiro atoms. The standard InChI is InChI=1S/C20H24FN3O4/c1-12(2)19(26)22-15-7-9-24(10-8-17(15)25)20(27)18-11-16(23-28-18)13-5-3-4-6-14(13)21/h3-6,11-12,15,17,25H,7-10H2,1-2H3,(H,22,26)/t15-,17-/m0/s1. The molecule has 0 unspecified atom stereocenters. The zero-order chi connectivity index (χ0) is 20.3. The van der Waals surface area contributed by atoms with Crippen LogP contribution in [-0.4, -0.2) is 52.2 Å². The maximum atomic E-state index is 13.9. The third kappa shape index (κ3) is 4.39. The molecule has 1 aliphatic rings. The Morgan fingerprint density at radius 1 is 1.29 bits per heavy atom. The molecule has 0 aliphatic carbocycles. The van der Waals surface area contributed by atoms with E-state index in [0.717, 1.165) is 0 Å². The Hall–Kier alpha value is -2.74. The van der Waals surface area contributed by atoms with Crippen molar-refractivity contribution in [1.29, 1.82) is 0 Å². The fourth-order valence-corrected chi connectivity index (χ4v) is 3.14. The second-order valence-electron chi connectivity index (χ2n) is 7.26. The number of halogens is 1. The molecule has 3 rings (SSSR count). The van der Waals surface area contributed by atoms with E-state index in [1.807, 2.05) is 0 Å². The lowest BCUT2D eigenvalue weighted by Gasteiger charge is -2.22. The molecule has 8 heteroatoms. The van der Waals surface area contributed by atoms with E-state index in [-0.39, 0.29) is 34.7 Å². The Labute approximate surface area is 162 Å². The summed E-state index contributed by atoms with van der Waals surface area (Å²) in [6, 6.07) is 7.13. The Morgan fingerprint density at radius 2 is 2.00 bits per heavy atom. The second-order valence-corrected chi connectivity index (χ2v) is 7.26. The number of benzene rings is 1. The number of nitrogens with one attached hydrogen (secondary N) is 1. The van der Waals surface area contributed by atoms with Crippen LogP contribution in [0.1, 0.15) is 37.2 Å². The molecule has 1 aliphatic heterocycles. The Morgan fingerprint density at radius 3 is 2.71 bits per heavy atom. The smallest absolute Gasteiger partial charge is 0.292 e. The number of carbonyl (C=O) groups excluding carboxylic acids is 2. The molecule has 2 amide bonds. The maximum absolute atomic E-state index is 13.9. The molecule has 1 saturated heterocycles. The van der Waals surface area contributed by atoms with Crippen molar-refractivity contribution in [2.45, 2.75) is 38.8 Å². The zero-order valence-electron chi connectivity index (χ0n) is 15.9. The highest BCUT2D eigenvalue weighted by atomic mass is 19.1. The summed E-state index contributed by atoms with van der Waals surface area (Å²) >= 11 is 0. The zero-order valence-corrected chi connectivity index (χ0v) is 15.9. The van der Waals surface area contributed by atoms with Gasteiger partial charge in [0, 0.05) is 30.6 Å². The Bertz CT molecular complexity index is 851. The van der Waals surface area contributed by atoms with E-state index < -0.39 is 18.0 Å². The summed E-state index contributed by atoms with van der Waals surface area (Å²) in [6.07, 6.45) is 0.0344. The molecule has 1 aromatic heterocycles. The van der Waals surface area contributed by atoms with Gasteiger partial charge in [-0.2, -0.15) is 0 Å². The van der Waals surface area contributed by atoms with Gasteiger partial charge in [-0.15, -0.1) is 0 Å². The molecular formula is C20H24FN3O4. The van der Waals surface area contributed by atoms with Gasteiger partial charge >= 0.3 is 0 Å². The lowest BCUT2D eigenvalue weighted by molar-refractivity contribution is -0.125. The topological polar surface area (TPSA) is 95.7 Å². The van der Waals surface area contributed by atoms with Crippen LogP contribution in [0.5, 0.6) is 0 Å². The number of aliphatic hydroxyl groups is 1. The third-order valence-electron chi connectivity index (χ3n) is 4.88. The second kappa shape index (κ2) is 8.52. The first-order valence-electron chi connectivity index (χ1n) is 9.36. The van der Waals surface area contributed by atoms with E-state index in [9.17, 15) is 19.1 Å². The molecule has 0 bridgehead atoms. The van der Waals surface area contributed by atoms with Crippen molar-refractivity contribution in [2.24, 2.45) is 5.92 Å². The van der Waals surface area contributed by atoms with Crippen LogP contribution in [0, 0.1) is 11.7 Å². The molecule has 0 radical (unpaired) electrons. The minimum Gasteiger partial charge on any atom is -0.391 e. The minimum atomic E-state index is -0.732. The molecule has 2 N–H and O–H groups in total. The first-order chi connectivity index (χ1) is 13.4. The van der Waals surface area contributed by atoms with Gasteiger partial charge in [0.15, 0.2) is 0 Å². The highest BCUT2D eigenvalue weighted by molar-refractivity contribution is 5.92. The van der Waals surface area contributed by atoms with Crippen LogP contribution in [0.25, 0.3) is 11.3 Å². The number of hydrogen-bond acceptors (Lipinski definition) is 5. The Kier molecular flexibility index (Phi) is 6.08. The molecule has 2 heterocycles. The van der Waals surface area contributed by atoms with Crippen LogP contribution in [0.15, 0.2) is 34.9 Å². The fraction of sp³-hybridized carbons (Fsp3) is 0.450. The number of carbonyl (C=O) groups is 2. The number of rotatable bonds is 4. The number of nitrogens with zero attached hydrogens (tertiary/aromatic N) is 2. The number of aromatic nitrogens is 1. The number of likely N-dealkylation sites (tertiary alicyclic amines) is 1. The van der Waals surface area contributed by atoms with Gasteiger partial charge in [-0.25, -0.2) is 4.39 Å². The van der Waals surface area contributed by atoms with Crippen LogP contribution in [0.2, 0.25) is 0 Å². The summed E-state index contributed by atoms with van der Waals surface area (Å²) in [5.74, 6) is -1.13. The predicted octanol–water partition coefficient (Wildman–Crippen LogP) is 2.22. The van der Waals surface area contributed by atoms with Crippen molar-refractivity contribution >= 4 is 11.8 Å². The van der Waals surface area contributed by atoms with Crippen LogP contribution in [0.4, 0.5) is 4.39 Å². The van der Waals surface area contributed by atoms with Gasteiger partial charge in [0.1, 0.15) is 11.5 Å². The van der Waals surface area contributed by atoms with E-state index in [0.29, 0.717) is 25.9 Å². The van der Waals surface area contributed by atoms with Crippen LogP contribution in [0.3, 0.4) is 0 Å². The monoisotopic (exact) mass is 389 g/mol. The predicted molar refractivity (Wildman–Crippen MR) is 99.8 cm³/mol. The van der Waals surface area contributed by atoms with Crippen LogP contribution in [-0.2, 0) is 4.79 Å². The number of aliphatic hydroxyl groups excluding tert-OH is 1. The van der Waals surface area contributed by atoms with E-state index in [4.69, 9.17) is 4.52 Å². The summed E-state index contributed by atoms with van der Waals surface area (Å²) < 4.78 is 19.0. The molecule has 1 aromatic carbocycles. The van der Waals surface area contributed by atoms with Crippen molar-refractivity contribution in [1.82, 2.24) is 15.4 Å². The third-order valence-corrected chi connectivity index (χ3v) is 4.88. The van der Waals surface area contributed by atoms with Gasteiger partial charge in [0.05, 0.1) is 12.1 Å². The summed E-state index contributed by atoms with van der Waals surface area (Å²) in [7, 11) is 0. The Balaban J connectivity index is 1.68. The van der Waals surface area contributed by atoms with E-state index in [1.165, 1.54) is 12.1 Å². The first kappa shape index (κ1) is 20.0. The van der Waals surface area contributed by atoms with Gasteiger partial charge in [0.25, 0.3) is 5.91 Å². The normalized spacial score (nSPS) is 20.1. The van der Waals surface area contributed by atoms with Gasteiger partial charge in [-0.05, 0) is 25.0 Å². The largest absolute Gasteiger partial charge is 0.391 e. The average Bonchev–Trinajstić information content (AvgIpc) is 3.08. The summed E-state index contributed by atoms with van der Waals surface area (Å²) in [6.45, 7) is 4.25. The number of hydrogen-bond donors (Lipinski definition) is 2. The molecule has 2 atom stereocenters. The van der Waals surface area contributed by atoms with E-state index in [2.05, 4.69) is 10.5 Å². The molecule has 150 valence electrons. The van der Waals surface area contributed by atoms with E-state index in [1.54, 1.807) is 36.9 Å². The van der Waals surface area contributed by atoms with E-state index >= 15 is 0 Å². The van der Waals surface area contributed by atoms with Crippen molar-refractivity contribution in [2.75, 3.05) is 13.1 Å². The SMILES string of the molecule is CC(C)C(=O)N[C@H]1CCN(C(=O)c2cc(-c3ccccc3F)no2)CC[C@@H]1O. The van der Waals surface area contributed by atoms with Gasteiger partial charge < -0.3 is 19.8 Å². The summed E-state index contributed by atoms with van der Waals surface area (Å²) in [4.78, 5) is 26.2. The van der Waals surface area contributed by atoms with Crippen molar-refractivity contribution in [3.05, 3.63) is 41.9 Å². The fourth-order valence-electron chi connectivity index (χ4n) is 3.14. The lowest BCUT2D eigenvalue weighted by atomic mass is 10.1. The number of amides is 2. The molecular weight excluding hydrogens is 365 g/mol. The maximum Gasteiger partial charge on any atom is 0.292 e. The average molecular weight is 389 g/mol. The van der Waals surface area contributed by atoms with Gasteiger partial charge in [0.2, 0.25) is 11.7 Å².